The largest absolute Gasteiger partial charge is 0.331 e. The molecule has 0 heterocycles. The Hall–Kier alpha value is -1.33. The van der Waals surface area contributed by atoms with Gasteiger partial charge in [0.15, 0.2) is 5.11 Å². The Kier molecular flexibility index (Phi) is 6.03. The summed E-state index contributed by atoms with van der Waals surface area (Å²) in [4.78, 5) is 11.9. The van der Waals surface area contributed by atoms with Gasteiger partial charge in [-0.25, -0.2) is 0 Å². The Morgan fingerprint density at radius 3 is 2.32 bits per heavy atom. The van der Waals surface area contributed by atoms with Crippen molar-refractivity contribution >= 4 is 63.7 Å². The first-order valence-corrected chi connectivity index (χ1v) is 7.78. The standard InChI is InChI=1S/C15H11Cl3N2OS/c16-10-3-1-9(2-4-10)7-14(21)20-15(22)19-13-8-11(17)5-6-12(13)18/h1-6,8H,7H2,(H2,19,20,21,22). The van der Waals surface area contributed by atoms with E-state index in [4.69, 9.17) is 47.0 Å². The van der Waals surface area contributed by atoms with Gasteiger partial charge in [-0.05, 0) is 48.1 Å². The lowest BCUT2D eigenvalue weighted by molar-refractivity contribution is -0.119. The van der Waals surface area contributed by atoms with Gasteiger partial charge in [-0.3, -0.25) is 4.79 Å². The van der Waals surface area contributed by atoms with Crippen LogP contribution in [-0.2, 0) is 11.2 Å². The van der Waals surface area contributed by atoms with Crippen LogP contribution in [0.4, 0.5) is 5.69 Å². The highest BCUT2D eigenvalue weighted by Gasteiger charge is 2.08. The number of thiocarbonyl (C=S) groups is 1. The number of nitrogens with one attached hydrogen (secondary N) is 2. The summed E-state index contributed by atoms with van der Waals surface area (Å²) < 4.78 is 0. The van der Waals surface area contributed by atoms with Crippen LogP contribution in [0.2, 0.25) is 15.1 Å². The third-order valence-corrected chi connectivity index (χ3v) is 3.73. The van der Waals surface area contributed by atoms with E-state index in [1.54, 1.807) is 42.5 Å². The minimum absolute atomic E-state index is 0.156. The molecule has 0 spiro atoms. The first kappa shape index (κ1) is 17.0. The van der Waals surface area contributed by atoms with Gasteiger partial charge in [0.1, 0.15) is 0 Å². The summed E-state index contributed by atoms with van der Waals surface area (Å²) >= 11 is 22.8. The van der Waals surface area contributed by atoms with E-state index in [9.17, 15) is 4.79 Å². The molecule has 0 aliphatic heterocycles. The first-order chi connectivity index (χ1) is 10.4. The van der Waals surface area contributed by atoms with Gasteiger partial charge in [-0.1, -0.05) is 46.9 Å². The van der Waals surface area contributed by atoms with Crippen LogP contribution >= 0.6 is 47.0 Å². The van der Waals surface area contributed by atoms with Gasteiger partial charge in [-0.2, -0.15) is 0 Å². The topological polar surface area (TPSA) is 41.1 Å². The zero-order chi connectivity index (χ0) is 16.1. The van der Waals surface area contributed by atoms with Crippen molar-refractivity contribution in [2.24, 2.45) is 0 Å². The average Bonchev–Trinajstić information content (AvgIpc) is 2.45. The fraction of sp³-hybridized carbons (Fsp3) is 0.0667. The molecular weight excluding hydrogens is 363 g/mol. The van der Waals surface area contributed by atoms with Crippen molar-refractivity contribution in [2.45, 2.75) is 6.42 Å². The average molecular weight is 374 g/mol. The molecule has 0 aromatic heterocycles. The summed E-state index contributed by atoms with van der Waals surface area (Å²) in [7, 11) is 0. The smallest absolute Gasteiger partial charge is 0.230 e. The van der Waals surface area contributed by atoms with E-state index in [0.717, 1.165) is 5.56 Å². The summed E-state index contributed by atoms with van der Waals surface area (Å²) in [6.45, 7) is 0. The van der Waals surface area contributed by atoms with Crippen molar-refractivity contribution in [3.63, 3.8) is 0 Å². The maximum Gasteiger partial charge on any atom is 0.230 e. The molecular formula is C15H11Cl3N2OS. The lowest BCUT2D eigenvalue weighted by Gasteiger charge is -2.11. The highest BCUT2D eigenvalue weighted by Crippen LogP contribution is 2.25. The second-order valence-electron chi connectivity index (χ2n) is 4.43. The lowest BCUT2D eigenvalue weighted by Crippen LogP contribution is -2.35. The van der Waals surface area contributed by atoms with Gasteiger partial charge in [0.2, 0.25) is 5.91 Å². The van der Waals surface area contributed by atoms with Crippen molar-refractivity contribution < 1.29 is 4.79 Å². The molecule has 0 aliphatic carbocycles. The van der Waals surface area contributed by atoms with Crippen LogP contribution in [0, 0.1) is 0 Å². The Balaban J connectivity index is 1.92. The molecule has 2 aromatic carbocycles. The number of carbonyl (C=O) groups is 1. The molecule has 0 saturated carbocycles. The molecule has 0 saturated heterocycles. The minimum Gasteiger partial charge on any atom is -0.331 e. The summed E-state index contributed by atoms with van der Waals surface area (Å²) in [6, 6.07) is 12.0. The van der Waals surface area contributed by atoms with Crippen molar-refractivity contribution in [1.82, 2.24) is 5.32 Å². The Labute approximate surface area is 148 Å². The molecule has 0 radical (unpaired) electrons. The summed E-state index contributed by atoms with van der Waals surface area (Å²) in [5.41, 5.74) is 1.37. The van der Waals surface area contributed by atoms with E-state index in [1.807, 2.05) is 0 Å². The molecule has 7 heteroatoms. The van der Waals surface area contributed by atoms with E-state index in [-0.39, 0.29) is 17.4 Å². The van der Waals surface area contributed by atoms with Gasteiger partial charge in [0.25, 0.3) is 0 Å². The van der Waals surface area contributed by atoms with Crippen LogP contribution in [0.25, 0.3) is 0 Å². The van der Waals surface area contributed by atoms with Crippen molar-refractivity contribution in [1.29, 1.82) is 0 Å². The van der Waals surface area contributed by atoms with Crippen molar-refractivity contribution in [3.8, 4) is 0 Å². The van der Waals surface area contributed by atoms with Crippen LogP contribution in [-0.4, -0.2) is 11.0 Å². The highest BCUT2D eigenvalue weighted by molar-refractivity contribution is 7.80. The summed E-state index contributed by atoms with van der Waals surface area (Å²) in [6.07, 6.45) is 0.197. The maximum atomic E-state index is 11.9. The van der Waals surface area contributed by atoms with Gasteiger partial charge < -0.3 is 10.6 Å². The fourth-order valence-corrected chi connectivity index (χ4v) is 2.39. The molecule has 1 amide bonds. The molecule has 114 valence electrons. The normalized spacial score (nSPS) is 10.1. The Morgan fingerprint density at radius 2 is 1.64 bits per heavy atom. The number of hydrogen-bond acceptors (Lipinski definition) is 2. The number of carbonyl (C=O) groups excluding carboxylic acids is 1. The molecule has 0 aliphatic rings. The van der Waals surface area contributed by atoms with Crippen molar-refractivity contribution in [3.05, 3.63) is 63.1 Å². The predicted molar refractivity (Wildman–Crippen MR) is 96.0 cm³/mol. The van der Waals surface area contributed by atoms with E-state index in [1.165, 1.54) is 0 Å². The second kappa shape index (κ2) is 7.79. The van der Waals surface area contributed by atoms with E-state index >= 15 is 0 Å². The monoisotopic (exact) mass is 372 g/mol. The SMILES string of the molecule is O=C(Cc1ccc(Cl)cc1)NC(=S)Nc1cc(Cl)ccc1Cl. The molecule has 0 fully saturated rings. The van der Waals surface area contributed by atoms with E-state index < -0.39 is 0 Å². The molecule has 2 aromatic rings. The van der Waals surface area contributed by atoms with Gasteiger partial charge in [0, 0.05) is 10.0 Å². The number of anilines is 1. The van der Waals surface area contributed by atoms with Gasteiger partial charge in [0.05, 0.1) is 17.1 Å². The predicted octanol–water partition coefficient (Wildman–Crippen LogP) is 4.70. The van der Waals surface area contributed by atoms with Crippen LogP contribution in [0.5, 0.6) is 0 Å². The molecule has 0 bridgehead atoms. The zero-order valence-corrected chi connectivity index (χ0v) is 14.3. The van der Waals surface area contributed by atoms with E-state index in [0.29, 0.717) is 20.8 Å². The van der Waals surface area contributed by atoms with Crippen LogP contribution in [0.3, 0.4) is 0 Å². The minimum atomic E-state index is -0.238. The molecule has 2 N–H and O–H groups in total. The number of benzene rings is 2. The Bertz CT molecular complexity index is 704. The number of rotatable bonds is 3. The van der Waals surface area contributed by atoms with Gasteiger partial charge >= 0.3 is 0 Å². The summed E-state index contributed by atoms with van der Waals surface area (Å²) in [5, 5.41) is 7.17. The molecule has 2 rings (SSSR count). The number of hydrogen-bond donors (Lipinski definition) is 2. The third kappa shape index (κ3) is 5.14. The lowest BCUT2D eigenvalue weighted by atomic mass is 10.1. The van der Waals surface area contributed by atoms with Crippen LogP contribution in [0.15, 0.2) is 42.5 Å². The van der Waals surface area contributed by atoms with Crippen molar-refractivity contribution in [2.75, 3.05) is 5.32 Å². The molecule has 3 nitrogen and oxygen atoms in total. The molecule has 0 unspecified atom stereocenters. The highest BCUT2D eigenvalue weighted by atomic mass is 35.5. The van der Waals surface area contributed by atoms with Crippen LogP contribution < -0.4 is 10.6 Å². The Morgan fingerprint density at radius 1 is 1.00 bits per heavy atom. The fourth-order valence-electron chi connectivity index (χ4n) is 1.71. The number of amides is 1. The summed E-state index contributed by atoms with van der Waals surface area (Å²) in [5.74, 6) is -0.238. The zero-order valence-electron chi connectivity index (χ0n) is 11.2. The first-order valence-electron chi connectivity index (χ1n) is 6.24. The van der Waals surface area contributed by atoms with E-state index in [2.05, 4.69) is 10.6 Å². The molecule has 0 atom stereocenters. The number of halogens is 3. The molecule has 22 heavy (non-hydrogen) atoms. The van der Waals surface area contributed by atoms with Crippen LogP contribution in [0.1, 0.15) is 5.56 Å². The maximum absolute atomic E-state index is 11.9. The third-order valence-electron chi connectivity index (χ3n) is 2.71. The quantitative estimate of drug-likeness (QED) is 0.766. The second-order valence-corrected chi connectivity index (χ2v) is 6.12. The van der Waals surface area contributed by atoms with Gasteiger partial charge in [-0.15, -0.1) is 0 Å².